The average molecular weight is 362 g/mol. The summed E-state index contributed by atoms with van der Waals surface area (Å²) in [7, 11) is 6.88. The number of thiophene rings is 1. The van der Waals surface area contributed by atoms with E-state index < -0.39 is 11.2 Å². The first kappa shape index (κ1) is 18.9. The third-order valence-electron chi connectivity index (χ3n) is 3.91. The second-order valence-electron chi connectivity index (χ2n) is 5.96. The van der Waals surface area contributed by atoms with Crippen molar-refractivity contribution < 1.29 is 4.79 Å². The van der Waals surface area contributed by atoms with E-state index in [9.17, 15) is 14.4 Å². The highest BCUT2D eigenvalue weighted by Crippen LogP contribution is 2.19. The number of carbonyl (C=O) groups is 1. The van der Waals surface area contributed by atoms with Gasteiger partial charge in [-0.3, -0.25) is 14.2 Å². The van der Waals surface area contributed by atoms with Gasteiger partial charge in [0.2, 0.25) is 5.91 Å². The molecule has 134 valence electrons. The molecular formula is C17H22N4O3S. The van der Waals surface area contributed by atoms with E-state index in [-0.39, 0.29) is 17.5 Å². The van der Waals surface area contributed by atoms with Crippen LogP contribution in [-0.2, 0) is 18.9 Å². The van der Waals surface area contributed by atoms with E-state index in [0.29, 0.717) is 6.54 Å². The number of aryl methyl sites for hydroxylation is 1. The van der Waals surface area contributed by atoms with Crippen LogP contribution >= 0.6 is 11.3 Å². The lowest BCUT2D eigenvalue weighted by Gasteiger charge is -2.23. The van der Waals surface area contributed by atoms with Crippen LogP contribution in [0.25, 0.3) is 6.08 Å². The standard InChI is InChI=1S/C17H22N4O3S/c1-19(2)14(13-7-8-25-11-13)9-18-15(22)6-5-12-10-20(3)17(24)21(4)16(12)23/h5-8,10-11,14H,9H2,1-4H3,(H,18,22)/b6-5+. The van der Waals surface area contributed by atoms with Crippen molar-refractivity contribution in [1.82, 2.24) is 19.4 Å². The third kappa shape index (κ3) is 4.55. The second-order valence-corrected chi connectivity index (χ2v) is 6.74. The molecule has 0 aromatic carbocycles. The van der Waals surface area contributed by atoms with Gasteiger partial charge in [0.1, 0.15) is 0 Å². The predicted octanol–water partition coefficient (Wildman–Crippen LogP) is 0.578. The predicted molar refractivity (Wildman–Crippen MR) is 99.7 cm³/mol. The number of likely N-dealkylation sites (N-methyl/N-ethyl adjacent to an activating group) is 1. The average Bonchev–Trinajstić information content (AvgIpc) is 3.09. The molecule has 0 saturated carbocycles. The van der Waals surface area contributed by atoms with Crippen LogP contribution in [0.5, 0.6) is 0 Å². The molecule has 8 heteroatoms. The minimum absolute atomic E-state index is 0.0778. The molecule has 2 rings (SSSR count). The molecule has 2 aromatic rings. The van der Waals surface area contributed by atoms with E-state index in [1.54, 1.807) is 18.4 Å². The van der Waals surface area contributed by atoms with Crippen LogP contribution < -0.4 is 16.6 Å². The number of hydrogen-bond donors (Lipinski definition) is 1. The van der Waals surface area contributed by atoms with Crippen LogP contribution in [0.1, 0.15) is 17.2 Å². The van der Waals surface area contributed by atoms with E-state index in [0.717, 1.165) is 10.1 Å². The molecule has 1 amide bonds. The summed E-state index contributed by atoms with van der Waals surface area (Å²) in [5, 5.41) is 6.90. The summed E-state index contributed by atoms with van der Waals surface area (Å²) in [5.74, 6) is -0.294. The highest BCUT2D eigenvalue weighted by atomic mass is 32.1. The molecule has 2 aromatic heterocycles. The molecule has 0 radical (unpaired) electrons. The lowest BCUT2D eigenvalue weighted by Crippen LogP contribution is -2.37. The topological polar surface area (TPSA) is 76.3 Å². The fourth-order valence-corrected chi connectivity index (χ4v) is 3.14. The van der Waals surface area contributed by atoms with E-state index in [2.05, 4.69) is 10.7 Å². The molecule has 1 atom stereocenters. The maximum absolute atomic E-state index is 12.1. The van der Waals surface area contributed by atoms with Crippen molar-refractivity contribution in [2.45, 2.75) is 6.04 Å². The number of aromatic nitrogens is 2. The Morgan fingerprint density at radius 2 is 2.08 bits per heavy atom. The number of rotatable bonds is 6. The quantitative estimate of drug-likeness (QED) is 0.763. The molecule has 0 aliphatic rings. The van der Waals surface area contributed by atoms with Gasteiger partial charge in [-0.05, 0) is 42.6 Å². The zero-order chi connectivity index (χ0) is 18.6. The smallest absolute Gasteiger partial charge is 0.330 e. The van der Waals surface area contributed by atoms with E-state index in [1.165, 1.54) is 30.0 Å². The summed E-state index contributed by atoms with van der Waals surface area (Å²) in [6.45, 7) is 0.457. The summed E-state index contributed by atoms with van der Waals surface area (Å²) in [5.41, 5.74) is 0.584. The maximum atomic E-state index is 12.1. The number of amides is 1. The maximum Gasteiger partial charge on any atom is 0.330 e. The van der Waals surface area contributed by atoms with Crippen molar-refractivity contribution >= 4 is 23.3 Å². The van der Waals surface area contributed by atoms with Crippen LogP contribution in [0, 0.1) is 0 Å². The van der Waals surface area contributed by atoms with Crippen molar-refractivity contribution in [1.29, 1.82) is 0 Å². The van der Waals surface area contributed by atoms with Gasteiger partial charge in [0, 0.05) is 32.9 Å². The van der Waals surface area contributed by atoms with Gasteiger partial charge in [0.15, 0.2) is 0 Å². The first-order valence-corrected chi connectivity index (χ1v) is 8.66. The van der Waals surface area contributed by atoms with Crippen LogP contribution in [0.15, 0.2) is 38.7 Å². The van der Waals surface area contributed by atoms with Gasteiger partial charge in [0.05, 0.1) is 11.6 Å². The Hall–Kier alpha value is -2.45. The monoisotopic (exact) mass is 362 g/mol. The van der Waals surface area contributed by atoms with Gasteiger partial charge in [0.25, 0.3) is 5.56 Å². The molecule has 0 fully saturated rings. The lowest BCUT2D eigenvalue weighted by molar-refractivity contribution is -0.116. The fourth-order valence-electron chi connectivity index (χ4n) is 2.44. The van der Waals surface area contributed by atoms with Crippen LogP contribution in [0.2, 0.25) is 0 Å². The Morgan fingerprint density at radius 1 is 1.36 bits per heavy atom. The lowest BCUT2D eigenvalue weighted by atomic mass is 10.1. The van der Waals surface area contributed by atoms with Crippen molar-refractivity contribution in [3.05, 3.63) is 61.1 Å². The van der Waals surface area contributed by atoms with Crippen molar-refractivity contribution in [2.75, 3.05) is 20.6 Å². The van der Waals surface area contributed by atoms with Gasteiger partial charge in [-0.25, -0.2) is 4.79 Å². The summed E-state index contributed by atoms with van der Waals surface area (Å²) < 4.78 is 2.31. The Labute approximate surface area is 149 Å². The van der Waals surface area contributed by atoms with Crippen LogP contribution in [-0.4, -0.2) is 40.6 Å². The van der Waals surface area contributed by atoms with Crippen molar-refractivity contribution in [2.24, 2.45) is 14.1 Å². The van der Waals surface area contributed by atoms with Crippen molar-refractivity contribution in [3.63, 3.8) is 0 Å². The molecule has 1 unspecified atom stereocenters. The minimum Gasteiger partial charge on any atom is -0.351 e. The minimum atomic E-state index is -0.434. The van der Waals surface area contributed by atoms with E-state index >= 15 is 0 Å². The van der Waals surface area contributed by atoms with Gasteiger partial charge in [-0.15, -0.1) is 0 Å². The summed E-state index contributed by atoms with van der Waals surface area (Å²) >= 11 is 1.61. The molecular weight excluding hydrogens is 340 g/mol. The van der Waals surface area contributed by atoms with Gasteiger partial charge < -0.3 is 14.8 Å². The number of carbonyl (C=O) groups excluding carboxylic acids is 1. The Balaban J connectivity index is 2.06. The molecule has 0 bridgehead atoms. The molecule has 7 nitrogen and oxygen atoms in total. The fraction of sp³-hybridized carbons (Fsp3) is 0.353. The van der Waals surface area contributed by atoms with E-state index in [4.69, 9.17) is 0 Å². The largest absolute Gasteiger partial charge is 0.351 e. The normalized spacial score (nSPS) is 12.7. The first-order valence-electron chi connectivity index (χ1n) is 7.72. The molecule has 1 N–H and O–H groups in total. The second kappa shape index (κ2) is 8.09. The zero-order valence-electron chi connectivity index (χ0n) is 14.7. The van der Waals surface area contributed by atoms with Gasteiger partial charge >= 0.3 is 5.69 Å². The highest BCUT2D eigenvalue weighted by molar-refractivity contribution is 7.07. The van der Waals surface area contributed by atoms with Crippen molar-refractivity contribution in [3.8, 4) is 0 Å². The molecule has 0 aliphatic heterocycles. The molecule has 0 spiro atoms. The summed E-state index contributed by atoms with van der Waals surface area (Å²) in [4.78, 5) is 37.8. The Morgan fingerprint density at radius 3 is 2.68 bits per heavy atom. The molecule has 25 heavy (non-hydrogen) atoms. The van der Waals surface area contributed by atoms with Gasteiger partial charge in [-0.1, -0.05) is 0 Å². The molecule has 0 saturated heterocycles. The zero-order valence-corrected chi connectivity index (χ0v) is 15.5. The van der Waals surface area contributed by atoms with Crippen LogP contribution in [0.4, 0.5) is 0 Å². The number of nitrogens with one attached hydrogen (secondary N) is 1. The Bertz CT molecular complexity index is 878. The number of hydrogen-bond acceptors (Lipinski definition) is 5. The number of nitrogens with zero attached hydrogens (tertiary/aromatic N) is 3. The van der Waals surface area contributed by atoms with Gasteiger partial charge in [-0.2, -0.15) is 11.3 Å². The molecule has 2 heterocycles. The highest BCUT2D eigenvalue weighted by Gasteiger charge is 2.15. The molecule has 0 aliphatic carbocycles. The first-order chi connectivity index (χ1) is 11.8. The third-order valence-corrected chi connectivity index (χ3v) is 4.61. The Kier molecular flexibility index (Phi) is 6.11. The summed E-state index contributed by atoms with van der Waals surface area (Å²) in [6, 6.07) is 2.11. The van der Waals surface area contributed by atoms with E-state index in [1.807, 2.05) is 30.4 Å². The van der Waals surface area contributed by atoms with Crippen LogP contribution in [0.3, 0.4) is 0 Å². The summed E-state index contributed by atoms with van der Waals surface area (Å²) in [6.07, 6.45) is 4.15. The SMILES string of the molecule is CN(C)C(CNC(=O)/C=C/c1cn(C)c(=O)n(C)c1=O)c1ccsc1.